The molecule has 0 aliphatic carbocycles. The summed E-state index contributed by atoms with van der Waals surface area (Å²) in [4.78, 5) is 13.3. The van der Waals surface area contributed by atoms with Crippen molar-refractivity contribution in [2.45, 2.75) is 60.4 Å². The molecule has 1 N–H and O–H groups in total. The Kier molecular flexibility index (Phi) is 7.55. The van der Waals surface area contributed by atoms with Crippen LogP contribution < -0.4 is 5.32 Å². The molecular formula is C22H26F3N3O5S3. The summed E-state index contributed by atoms with van der Waals surface area (Å²) in [6, 6.07) is 3.47. The van der Waals surface area contributed by atoms with Crippen molar-refractivity contribution in [3.63, 3.8) is 0 Å². The van der Waals surface area contributed by atoms with Gasteiger partial charge >= 0.3 is 6.18 Å². The smallest absolute Gasteiger partial charge is 0.324 e. The lowest BCUT2D eigenvalue weighted by atomic mass is 10.2. The van der Waals surface area contributed by atoms with Gasteiger partial charge in [-0.25, -0.2) is 16.8 Å². The second kappa shape index (κ2) is 10.0. The van der Waals surface area contributed by atoms with Crippen LogP contribution in [0.2, 0.25) is 0 Å². The SMILES string of the molecule is Cc1sc(S(=O)(=O)N2CCCCC2)cc1NC(=O)[C@@H]1CCCN1S(=O)(=O)c1ccc(C(F)(F)F)cc1. The number of halogens is 3. The second-order valence-electron chi connectivity index (χ2n) is 8.79. The minimum Gasteiger partial charge on any atom is -0.324 e. The largest absolute Gasteiger partial charge is 0.416 e. The molecule has 4 rings (SSSR count). The highest BCUT2D eigenvalue weighted by Gasteiger charge is 2.40. The molecule has 2 saturated heterocycles. The lowest BCUT2D eigenvalue weighted by Crippen LogP contribution is -2.43. The maximum absolute atomic E-state index is 13.1. The summed E-state index contributed by atoms with van der Waals surface area (Å²) in [6.45, 7) is 2.60. The summed E-state index contributed by atoms with van der Waals surface area (Å²) < 4.78 is 93.3. The number of carbonyl (C=O) groups excluding carboxylic acids is 1. The van der Waals surface area contributed by atoms with Gasteiger partial charge < -0.3 is 5.32 Å². The van der Waals surface area contributed by atoms with Crippen molar-refractivity contribution in [3.8, 4) is 0 Å². The van der Waals surface area contributed by atoms with Gasteiger partial charge in [0, 0.05) is 24.5 Å². The number of nitrogens with one attached hydrogen (secondary N) is 1. The maximum Gasteiger partial charge on any atom is 0.416 e. The Morgan fingerprint density at radius 2 is 1.61 bits per heavy atom. The molecule has 1 amide bonds. The zero-order valence-corrected chi connectivity index (χ0v) is 21.9. The van der Waals surface area contributed by atoms with E-state index < -0.39 is 43.7 Å². The van der Waals surface area contributed by atoms with E-state index in [0.29, 0.717) is 42.2 Å². The molecule has 0 spiro atoms. The van der Waals surface area contributed by atoms with Crippen LogP contribution in [0.4, 0.5) is 18.9 Å². The van der Waals surface area contributed by atoms with Crippen molar-refractivity contribution in [2.75, 3.05) is 25.0 Å². The molecule has 8 nitrogen and oxygen atoms in total. The van der Waals surface area contributed by atoms with Gasteiger partial charge in [0.25, 0.3) is 10.0 Å². The van der Waals surface area contributed by atoms with Gasteiger partial charge in [0.05, 0.1) is 16.1 Å². The van der Waals surface area contributed by atoms with Gasteiger partial charge in [0.1, 0.15) is 10.3 Å². The van der Waals surface area contributed by atoms with Crippen LogP contribution >= 0.6 is 11.3 Å². The first-order valence-corrected chi connectivity index (χ1v) is 15.1. The van der Waals surface area contributed by atoms with Gasteiger partial charge in [-0.2, -0.15) is 21.8 Å². The predicted octanol–water partition coefficient (Wildman–Crippen LogP) is 4.04. The van der Waals surface area contributed by atoms with Gasteiger partial charge in [-0.1, -0.05) is 6.42 Å². The summed E-state index contributed by atoms with van der Waals surface area (Å²) in [5.41, 5.74) is -0.681. The number of carbonyl (C=O) groups is 1. The molecule has 3 heterocycles. The Bertz CT molecular complexity index is 1330. The van der Waals surface area contributed by atoms with Crippen LogP contribution in [-0.4, -0.2) is 57.0 Å². The van der Waals surface area contributed by atoms with Crippen LogP contribution in [0.15, 0.2) is 39.4 Å². The van der Waals surface area contributed by atoms with E-state index in [2.05, 4.69) is 5.32 Å². The Hall–Kier alpha value is -2.00. The first-order valence-electron chi connectivity index (χ1n) is 11.4. The standard InChI is InChI=1S/C22H26F3N3O5S3/c1-15-18(14-20(34-15)36(32,33)27-11-3-2-4-12-27)26-21(29)19-6-5-13-28(19)35(30,31)17-9-7-16(8-10-17)22(23,24)25/h7-10,14,19H,2-6,11-13H2,1H3,(H,26,29)/t19-/m0/s1. The van der Waals surface area contributed by atoms with Gasteiger partial charge in [0.2, 0.25) is 15.9 Å². The number of amides is 1. The molecule has 198 valence electrons. The minimum atomic E-state index is -4.60. The van der Waals surface area contributed by atoms with Crippen molar-refractivity contribution in [1.82, 2.24) is 8.61 Å². The zero-order valence-electron chi connectivity index (χ0n) is 19.4. The summed E-state index contributed by atoms with van der Waals surface area (Å²) in [6.07, 6.45) is -1.42. The van der Waals surface area contributed by atoms with Crippen LogP contribution in [-0.2, 0) is 31.0 Å². The molecule has 0 unspecified atom stereocenters. The monoisotopic (exact) mass is 565 g/mol. The molecule has 0 bridgehead atoms. The molecule has 1 atom stereocenters. The Morgan fingerprint density at radius 3 is 2.22 bits per heavy atom. The van der Waals surface area contributed by atoms with Crippen molar-refractivity contribution >= 4 is 43.0 Å². The quantitative estimate of drug-likeness (QED) is 0.570. The van der Waals surface area contributed by atoms with Crippen LogP contribution in [0.3, 0.4) is 0 Å². The third-order valence-corrected chi connectivity index (χ3v) is 11.7. The topological polar surface area (TPSA) is 104 Å². The number of alkyl halides is 3. The molecule has 2 aliphatic heterocycles. The van der Waals surface area contributed by atoms with E-state index in [-0.39, 0.29) is 22.1 Å². The predicted molar refractivity (Wildman–Crippen MR) is 129 cm³/mol. The number of aryl methyl sites for hydroxylation is 1. The molecule has 14 heteroatoms. The number of hydrogen-bond acceptors (Lipinski definition) is 6. The second-order valence-corrected chi connectivity index (χ2v) is 14.1. The van der Waals surface area contributed by atoms with Crippen molar-refractivity contribution in [3.05, 3.63) is 40.8 Å². The van der Waals surface area contributed by atoms with E-state index in [0.717, 1.165) is 47.0 Å². The van der Waals surface area contributed by atoms with E-state index >= 15 is 0 Å². The lowest BCUT2D eigenvalue weighted by Gasteiger charge is -2.25. The number of thiophene rings is 1. The van der Waals surface area contributed by atoms with Crippen LogP contribution in [0.1, 0.15) is 42.5 Å². The number of sulfonamides is 2. The molecule has 2 fully saturated rings. The van der Waals surface area contributed by atoms with Crippen LogP contribution in [0.5, 0.6) is 0 Å². The van der Waals surface area contributed by atoms with E-state index in [4.69, 9.17) is 0 Å². The molecule has 0 radical (unpaired) electrons. The van der Waals surface area contributed by atoms with E-state index in [9.17, 15) is 34.8 Å². The van der Waals surface area contributed by atoms with Gasteiger partial charge in [0.15, 0.2) is 0 Å². The van der Waals surface area contributed by atoms with Gasteiger partial charge in [-0.3, -0.25) is 4.79 Å². The Labute approximate surface area is 212 Å². The number of nitrogens with zero attached hydrogens (tertiary/aromatic N) is 2. The van der Waals surface area contributed by atoms with Crippen LogP contribution in [0.25, 0.3) is 0 Å². The fraction of sp³-hybridized carbons (Fsp3) is 0.500. The molecular weight excluding hydrogens is 539 g/mol. The molecule has 1 aromatic carbocycles. The van der Waals surface area contributed by atoms with Crippen molar-refractivity contribution in [2.24, 2.45) is 0 Å². The molecule has 1 aromatic heterocycles. The lowest BCUT2D eigenvalue weighted by molar-refractivity contribution is -0.137. The van der Waals surface area contributed by atoms with E-state index in [1.165, 1.54) is 10.4 Å². The molecule has 0 saturated carbocycles. The van der Waals surface area contributed by atoms with Crippen molar-refractivity contribution in [1.29, 1.82) is 0 Å². The minimum absolute atomic E-state index is 0.0403. The number of hydrogen-bond donors (Lipinski definition) is 1. The van der Waals surface area contributed by atoms with E-state index in [1.54, 1.807) is 6.92 Å². The first-order chi connectivity index (χ1) is 16.8. The molecule has 36 heavy (non-hydrogen) atoms. The fourth-order valence-corrected chi connectivity index (χ4v) is 9.12. The number of anilines is 1. The normalized spacial score (nSPS) is 20.5. The summed E-state index contributed by atoms with van der Waals surface area (Å²) in [7, 11) is -7.91. The highest BCUT2D eigenvalue weighted by Crippen LogP contribution is 2.35. The van der Waals surface area contributed by atoms with Gasteiger partial charge in [-0.15, -0.1) is 11.3 Å². The Balaban J connectivity index is 1.52. The summed E-state index contributed by atoms with van der Waals surface area (Å²) in [5.74, 6) is -0.620. The number of piperidine rings is 1. The highest BCUT2D eigenvalue weighted by molar-refractivity contribution is 7.91. The summed E-state index contributed by atoms with van der Waals surface area (Å²) in [5, 5.41) is 2.66. The Morgan fingerprint density at radius 1 is 0.972 bits per heavy atom. The van der Waals surface area contributed by atoms with E-state index in [1.807, 2.05) is 0 Å². The maximum atomic E-state index is 13.1. The van der Waals surface area contributed by atoms with Crippen molar-refractivity contribution < 1.29 is 34.8 Å². The van der Waals surface area contributed by atoms with Gasteiger partial charge in [-0.05, 0) is 62.9 Å². The number of rotatable bonds is 6. The highest BCUT2D eigenvalue weighted by atomic mass is 32.2. The summed E-state index contributed by atoms with van der Waals surface area (Å²) >= 11 is 1.04. The zero-order chi connectivity index (χ0) is 26.3. The molecule has 2 aliphatic rings. The first kappa shape index (κ1) is 27.0. The van der Waals surface area contributed by atoms with Crippen LogP contribution in [0, 0.1) is 6.92 Å². The average molecular weight is 566 g/mol. The third kappa shape index (κ3) is 5.32. The number of benzene rings is 1. The average Bonchev–Trinajstić information content (AvgIpc) is 3.47. The third-order valence-electron chi connectivity index (χ3n) is 6.36. The molecule has 2 aromatic rings. The fourth-order valence-electron chi connectivity index (χ4n) is 4.40.